The number of hydrogen-bond acceptors (Lipinski definition) is 3. The third kappa shape index (κ3) is 4.02. The van der Waals surface area contributed by atoms with Gasteiger partial charge in [-0.1, -0.05) is 30.3 Å². The summed E-state index contributed by atoms with van der Waals surface area (Å²) >= 11 is 2.13. The average molecular weight is 305 g/mol. The Morgan fingerprint density at radius 1 is 1.24 bits per heavy atom. The second-order valence-electron chi connectivity index (χ2n) is 6.77. The third-order valence-electron chi connectivity index (χ3n) is 4.97. The molecule has 3 rings (SSSR count). The molecule has 116 valence electrons. The van der Waals surface area contributed by atoms with E-state index < -0.39 is 0 Å². The van der Waals surface area contributed by atoms with E-state index in [2.05, 4.69) is 59.2 Å². The molecule has 21 heavy (non-hydrogen) atoms. The Labute approximate surface area is 133 Å². The normalized spacial score (nSPS) is 29.2. The number of nitrogens with zero attached hydrogens (tertiary/aromatic N) is 1. The maximum absolute atomic E-state index is 3.80. The lowest BCUT2D eigenvalue weighted by molar-refractivity contribution is 0.187. The van der Waals surface area contributed by atoms with Crippen molar-refractivity contribution >= 4 is 11.8 Å². The lowest BCUT2D eigenvalue weighted by atomic mass is 9.91. The van der Waals surface area contributed by atoms with Gasteiger partial charge in [0.05, 0.1) is 5.54 Å². The predicted octanol–water partition coefficient (Wildman–Crippen LogP) is 3.34. The van der Waals surface area contributed by atoms with Crippen molar-refractivity contribution in [3.8, 4) is 0 Å². The lowest BCUT2D eigenvalue weighted by Crippen LogP contribution is -2.47. The number of hydrogen-bond donors (Lipinski definition) is 1. The van der Waals surface area contributed by atoms with E-state index in [1.807, 2.05) is 0 Å². The highest BCUT2D eigenvalue weighted by Crippen LogP contribution is 2.27. The van der Waals surface area contributed by atoms with Gasteiger partial charge in [-0.3, -0.25) is 0 Å². The lowest BCUT2D eigenvalue weighted by Gasteiger charge is -2.36. The summed E-state index contributed by atoms with van der Waals surface area (Å²) in [6, 6.07) is 11.0. The van der Waals surface area contributed by atoms with Crippen LogP contribution in [0.4, 0.5) is 0 Å². The summed E-state index contributed by atoms with van der Waals surface area (Å²) in [5.74, 6) is 3.66. The summed E-state index contributed by atoms with van der Waals surface area (Å²) in [5.41, 5.74) is 1.53. The van der Waals surface area contributed by atoms with Crippen LogP contribution in [-0.4, -0.2) is 42.6 Å². The summed E-state index contributed by atoms with van der Waals surface area (Å²) < 4.78 is 0. The van der Waals surface area contributed by atoms with Crippen LogP contribution in [-0.2, 0) is 5.54 Å². The quantitative estimate of drug-likeness (QED) is 0.922. The molecule has 2 fully saturated rings. The Hall–Kier alpha value is -0.510. The van der Waals surface area contributed by atoms with E-state index in [1.54, 1.807) is 0 Å². The smallest absolute Gasteiger partial charge is 0.0534 e. The summed E-state index contributed by atoms with van der Waals surface area (Å²) in [4.78, 5) is 2.72. The van der Waals surface area contributed by atoms with Crippen LogP contribution in [0, 0.1) is 5.92 Å². The zero-order valence-electron chi connectivity index (χ0n) is 13.2. The maximum Gasteiger partial charge on any atom is 0.0534 e. The average Bonchev–Trinajstić information content (AvgIpc) is 2.72. The monoisotopic (exact) mass is 304 g/mol. The molecular formula is C18H28N2S. The van der Waals surface area contributed by atoms with Gasteiger partial charge in [0, 0.05) is 13.1 Å². The Kier molecular flexibility index (Phi) is 5.25. The van der Waals surface area contributed by atoms with Gasteiger partial charge in [0.15, 0.2) is 0 Å². The van der Waals surface area contributed by atoms with Crippen LogP contribution in [0.1, 0.15) is 31.7 Å². The van der Waals surface area contributed by atoms with Gasteiger partial charge in [0.2, 0.25) is 0 Å². The number of thioether (sulfide) groups is 1. The van der Waals surface area contributed by atoms with E-state index in [0.29, 0.717) is 0 Å². The molecule has 3 heteroatoms. The van der Waals surface area contributed by atoms with E-state index in [0.717, 1.165) is 19.0 Å². The SMILES string of the molecule is CC1(c2ccccc2)CN(CC2CCSCC2)CCCN1. The largest absolute Gasteiger partial charge is 0.307 e. The number of benzene rings is 1. The van der Waals surface area contributed by atoms with Crippen LogP contribution in [0.2, 0.25) is 0 Å². The molecule has 2 aliphatic rings. The van der Waals surface area contributed by atoms with E-state index in [-0.39, 0.29) is 5.54 Å². The van der Waals surface area contributed by atoms with E-state index in [9.17, 15) is 0 Å². The standard InChI is InChI=1S/C18H28N2S/c1-18(17-6-3-2-4-7-17)15-20(11-5-10-19-18)14-16-8-12-21-13-9-16/h2-4,6-7,16,19H,5,8-15H2,1H3. The molecular weight excluding hydrogens is 276 g/mol. The molecule has 0 aromatic heterocycles. The summed E-state index contributed by atoms with van der Waals surface area (Å²) in [5, 5.41) is 3.80. The minimum Gasteiger partial charge on any atom is -0.307 e. The Balaban J connectivity index is 1.68. The topological polar surface area (TPSA) is 15.3 Å². The van der Waals surface area contributed by atoms with E-state index >= 15 is 0 Å². The van der Waals surface area contributed by atoms with Gasteiger partial charge < -0.3 is 10.2 Å². The van der Waals surface area contributed by atoms with Gasteiger partial charge in [-0.25, -0.2) is 0 Å². The summed E-state index contributed by atoms with van der Waals surface area (Å²) in [6.07, 6.45) is 4.09. The van der Waals surface area contributed by atoms with Crippen molar-refractivity contribution in [2.24, 2.45) is 5.92 Å². The van der Waals surface area contributed by atoms with Crippen LogP contribution >= 0.6 is 11.8 Å². The highest BCUT2D eigenvalue weighted by molar-refractivity contribution is 7.99. The van der Waals surface area contributed by atoms with Gasteiger partial charge >= 0.3 is 0 Å². The van der Waals surface area contributed by atoms with Gasteiger partial charge in [0.1, 0.15) is 0 Å². The first-order valence-electron chi connectivity index (χ1n) is 8.37. The fourth-order valence-corrected chi connectivity index (χ4v) is 4.90. The third-order valence-corrected chi connectivity index (χ3v) is 6.02. The second kappa shape index (κ2) is 7.17. The fourth-order valence-electron chi connectivity index (χ4n) is 3.70. The minimum atomic E-state index is 0.0984. The molecule has 1 aromatic rings. The molecule has 0 aliphatic carbocycles. The van der Waals surface area contributed by atoms with Crippen LogP contribution in [0.3, 0.4) is 0 Å². The molecule has 2 aliphatic heterocycles. The molecule has 2 saturated heterocycles. The molecule has 0 saturated carbocycles. The van der Waals surface area contributed by atoms with Crippen LogP contribution in [0.25, 0.3) is 0 Å². The fraction of sp³-hybridized carbons (Fsp3) is 0.667. The van der Waals surface area contributed by atoms with Crippen molar-refractivity contribution in [2.45, 2.75) is 31.7 Å². The number of rotatable bonds is 3. The predicted molar refractivity (Wildman–Crippen MR) is 92.9 cm³/mol. The molecule has 1 N–H and O–H groups in total. The molecule has 1 aromatic carbocycles. The first-order chi connectivity index (χ1) is 10.3. The van der Waals surface area contributed by atoms with Gasteiger partial charge in [-0.15, -0.1) is 0 Å². The first-order valence-corrected chi connectivity index (χ1v) is 9.52. The molecule has 0 spiro atoms. The van der Waals surface area contributed by atoms with Crippen LogP contribution in [0.15, 0.2) is 30.3 Å². The highest BCUT2D eigenvalue weighted by Gasteiger charge is 2.31. The molecule has 1 atom stereocenters. The Morgan fingerprint density at radius 3 is 2.76 bits per heavy atom. The van der Waals surface area contributed by atoms with E-state index in [1.165, 1.54) is 49.4 Å². The van der Waals surface area contributed by atoms with Crippen molar-refractivity contribution in [3.05, 3.63) is 35.9 Å². The Bertz CT molecular complexity index is 430. The Morgan fingerprint density at radius 2 is 2.00 bits per heavy atom. The van der Waals surface area contributed by atoms with Gasteiger partial charge in [-0.05, 0) is 62.3 Å². The highest BCUT2D eigenvalue weighted by atomic mass is 32.2. The minimum absolute atomic E-state index is 0.0984. The van der Waals surface area contributed by atoms with Crippen LogP contribution < -0.4 is 5.32 Å². The molecule has 0 bridgehead atoms. The molecule has 2 heterocycles. The molecule has 1 unspecified atom stereocenters. The van der Waals surface area contributed by atoms with Crippen LogP contribution in [0.5, 0.6) is 0 Å². The van der Waals surface area contributed by atoms with Gasteiger partial charge in [-0.2, -0.15) is 11.8 Å². The number of nitrogens with one attached hydrogen (secondary N) is 1. The first kappa shape index (κ1) is 15.4. The zero-order valence-corrected chi connectivity index (χ0v) is 14.0. The van der Waals surface area contributed by atoms with E-state index in [4.69, 9.17) is 0 Å². The summed E-state index contributed by atoms with van der Waals surface area (Å²) in [7, 11) is 0. The van der Waals surface area contributed by atoms with Gasteiger partial charge in [0.25, 0.3) is 0 Å². The van der Waals surface area contributed by atoms with Crippen molar-refractivity contribution in [1.82, 2.24) is 10.2 Å². The van der Waals surface area contributed by atoms with Crippen molar-refractivity contribution < 1.29 is 0 Å². The van der Waals surface area contributed by atoms with Crippen molar-refractivity contribution in [2.75, 3.05) is 37.7 Å². The zero-order chi connectivity index (χ0) is 14.5. The van der Waals surface area contributed by atoms with Crippen molar-refractivity contribution in [3.63, 3.8) is 0 Å². The molecule has 2 nitrogen and oxygen atoms in total. The maximum atomic E-state index is 3.80. The summed E-state index contributed by atoms with van der Waals surface area (Å²) in [6.45, 7) is 7.18. The van der Waals surface area contributed by atoms with Crippen molar-refractivity contribution in [1.29, 1.82) is 0 Å². The molecule has 0 amide bonds. The second-order valence-corrected chi connectivity index (χ2v) is 7.99. The molecule has 0 radical (unpaired) electrons.